The maximum absolute atomic E-state index is 5.34. The Morgan fingerprint density at radius 2 is 2.07 bits per heavy atom. The van der Waals surface area contributed by atoms with Gasteiger partial charge in [0.05, 0.1) is 17.5 Å². The van der Waals surface area contributed by atoms with Crippen molar-refractivity contribution in [2.75, 3.05) is 30.8 Å². The Bertz CT molecular complexity index is 297. The monoisotopic (exact) mass is 192 g/mol. The molecule has 76 valence electrons. The number of hydrogen-bond donors (Lipinski definition) is 2. The first-order valence-electron chi connectivity index (χ1n) is 5.02. The predicted molar refractivity (Wildman–Crippen MR) is 58.8 cm³/mol. The highest BCUT2D eigenvalue weighted by atomic mass is 16.5. The molecule has 1 fully saturated rings. The summed E-state index contributed by atoms with van der Waals surface area (Å²) in [7, 11) is 1.93. The summed E-state index contributed by atoms with van der Waals surface area (Å²) in [6, 6.07) is 8.19. The molecule has 0 aromatic heterocycles. The molecule has 1 aromatic rings. The summed E-state index contributed by atoms with van der Waals surface area (Å²) in [5, 5.41) is 6.53. The van der Waals surface area contributed by atoms with Crippen LogP contribution in [0.3, 0.4) is 0 Å². The van der Waals surface area contributed by atoms with Crippen molar-refractivity contribution in [1.29, 1.82) is 0 Å². The van der Waals surface area contributed by atoms with Gasteiger partial charge in [-0.15, -0.1) is 0 Å². The summed E-state index contributed by atoms with van der Waals surface area (Å²) in [6.07, 6.45) is 1.58. The van der Waals surface area contributed by atoms with Crippen LogP contribution in [0, 0.1) is 0 Å². The van der Waals surface area contributed by atoms with E-state index in [1.165, 1.54) is 6.42 Å². The van der Waals surface area contributed by atoms with Gasteiger partial charge in [0.15, 0.2) is 0 Å². The van der Waals surface area contributed by atoms with Crippen molar-refractivity contribution in [3.05, 3.63) is 24.3 Å². The zero-order valence-electron chi connectivity index (χ0n) is 8.42. The predicted octanol–water partition coefficient (Wildman–Crippen LogP) is 1.93. The fourth-order valence-corrected chi connectivity index (χ4v) is 1.52. The maximum Gasteiger partial charge on any atom is 0.0769 e. The summed E-state index contributed by atoms with van der Waals surface area (Å²) in [5.74, 6) is 0. The first-order chi connectivity index (χ1) is 6.90. The minimum absolute atomic E-state index is 0.403. The highest BCUT2D eigenvalue weighted by Gasteiger charge is 2.17. The first-order valence-corrected chi connectivity index (χ1v) is 5.02. The number of para-hydroxylation sites is 2. The van der Waals surface area contributed by atoms with Crippen molar-refractivity contribution in [3.63, 3.8) is 0 Å². The number of ether oxygens (including phenoxy) is 1. The molecule has 1 heterocycles. The molecular weight excluding hydrogens is 176 g/mol. The van der Waals surface area contributed by atoms with Gasteiger partial charge in [-0.3, -0.25) is 0 Å². The normalized spacial score (nSPS) is 19.9. The zero-order valence-corrected chi connectivity index (χ0v) is 8.42. The Morgan fingerprint density at radius 1 is 1.36 bits per heavy atom. The molecule has 0 radical (unpaired) electrons. The van der Waals surface area contributed by atoms with Gasteiger partial charge in [0.1, 0.15) is 0 Å². The molecule has 0 unspecified atom stereocenters. The minimum Gasteiger partial charge on any atom is -0.386 e. The molecule has 14 heavy (non-hydrogen) atoms. The van der Waals surface area contributed by atoms with Gasteiger partial charge in [0.2, 0.25) is 0 Å². The van der Waals surface area contributed by atoms with E-state index < -0.39 is 0 Å². The number of hydrogen-bond acceptors (Lipinski definition) is 3. The van der Waals surface area contributed by atoms with E-state index in [1.807, 2.05) is 19.2 Å². The molecular formula is C11H16N2O. The van der Waals surface area contributed by atoms with E-state index in [4.69, 9.17) is 4.74 Å². The van der Waals surface area contributed by atoms with Crippen LogP contribution in [0.4, 0.5) is 11.4 Å². The van der Waals surface area contributed by atoms with Crippen LogP contribution < -0.4 is 10.6 Å². The molecule has 1 aromatic carbocycles. The molecule has 2 rings (SSSR count). The van der Waals surface area contributed by atoms with Crippen molar-refractivity contribution in [3.8, 4) is 0 Å². The zero-order chi connectivity index (χ0) is 9.80. The molecule has 0 spiro atoms. The third-order valence-corrected chi connectivity index (χ3v) is 2.51. The van der Waals surface area contributed by atoms with E-state index in [0.29, 0.717) is 6.10 Å². The smallest absolute Gasteiger partial charge is 0.0769 e. The summed E-state index contributed by atoms with van der Waals surface area (Å²) < 4.78 is 5.34. The summed E-state index contributed by atoms with van der Waals surface area (Å²) in [5.41, 5.74) is 2.28. The molecule has 3 heteroatoms. The second kappa shape index (κ2) is 4.33. The van der Waals surface area contributed by atoms with E-state index in [0.717, 1.165) is 24.5 Å². The quantitative estimate of drug-likeness (QED) is 0.764. The van der Waals surface area contributed by atoms with Crippen molar-refractivity contribution in [2.24, 2.45) is 0 Å². The molecule has 2 N–H and O–H groups in total. The van der Waals surface area contributed by atoms with E-state index in [1.54, 1.807) is 0 Å². The lowest BCUT2D eigenvalue weighted by Crippen LogP contribution is -2.33. The van der Waals surface area contributed by atoms with Crippen LogP contribution in [0.15, 0.2) is 24.3 Å². The van der Waals surface area contributed by atoms with Crippen LogP contribution in [-0.2, 0) is 4.74 Å². The van der Waals surface area contributed by atoms with Gasteiger partial charge >= 0.3 is 0 Å². The van der Waals surface area contributed by atoms with Crippen LogP contribution in [0.25, 0.3) is 0 Å². The Kier molecular flexibility index (Phi) is 2.89. The lowest BCUT2D eigenvalue weighted by Gasteiger charge is -2.27. The van der Waals surface area contributed by atoms with Crippen molar-refractivity contribution in [1.82, 2.24) is 0 Å². The number of rotatable bonds is 4. The first kappa shape index (κ1) is 9.34. The van der Waals surface area contributed by atoms with Gasteiger partial charge in [-0.1, -0.05) is 12.1 Å². The summed E-state index contributed by atoms with van der Waals surface area (Å²) in [6.45, 7) is 1.82. The highest BCUT2D eigenvalue weighted by Crippen LogP contribution is 2.21. The van der Waals surface area contributed by atoms with Crippen LogP contribution >= 0.6 is 0 Å². The number of benzene rings is 1. The van der Waals surface area contributed by atoms with E-state index in [2.05, 4.69) is 22.8 Å². The Labute approximate surface area is 84.5 Å². The van der Waals surface area contributed by atoms with Crippen LogP contribution in [0.5, 0.6) is 0 Å². The molecule has 0 saturated carbocycles. The lowest BCUT2D eigenvalue weighted by molar-refractivity contribution is -0.0410. The van der Waals surface area contributed by atoms with Crippen LogP contribution in [-0.4, -0.2) is 26.3 Å². The van der Waals surface area contributed by atoms with E-state index in [9.17, 15) is 0 Å². The minimum atomic E-state index is 0.403. The lowest BCUT2D eigenvalue weighted by atomic mass is 10.2. The average molecular weight is 192 g/mol. The fourth-order valence-electron chi connectivity index (χ4n) is 1.52. The molecule has 1 aliphatic rings. The van der Waals surface area contributed by atoms with Crippen molar-refractivity contribution >= 4 is 11.4 Å². The molecule has 1 atom stereocenters. The summed E-state index contributed by atoms with van der Waals surface area (Å²) >= 11 is 0. The molecule has 1 saturated heterocycles. The maximum atomic E-state index is 5.34. The third kappa shape index (κ3) is 1.99. The van der Waals surface area contributed by atoms with E-state index in [-0.39, 0.29) is 0 Å². The topological polar surface area (TPSA) is 33.3 Å². The second-order valence-corrected chi connectivity index (χ2v) is 3.46. The largest absolute Gasteiger partial charge is 0.386 e. The molecule has 1 aliphatic heterocycles. The van der Waals surface area contributed by atoms with Gasteiger partial charge in [0, 0.05) is 20.2 Å². The van der Waals surface area contributed by atoms with E-state index >= 15 is 0 Å². The molecule has 0 bridgehead atoms. The SMILES string of the molecule is CNc1ccccc1NC[C@@H]1CCO1. The van der Waals surface area contributed by atoms with Gasteiger partial charge in [-0.2, -0.15) is 0 Å². The Morgan fingerprint density at radius 3 is 2.64 bits per heavy atom. The van der Waals surface area contributed by atoms with Crippen LogP contribution in [0.1, 0.15) is 6.42 Å². The van der Waals surface area contributed by atoms with Gasteiger partial charge < -0.3 is 15.4 Å². The Balaban J connectivity index is 1.93. The standard InChI is InChI=1S/C11H16N2O/c1-12-10-4-2-3-5-11(10)13-8-9-6-7-14-9/h2-5,9,12-13H,6-8H2,1H3/t9-/m0/s1. The van der Waals surface area contributed by atoms with Gasteiger partial charge in [0.25, 0.3) is 0 Å². The third-order valence-electron chi connectivity index (χ3n) is 2.51. The molecule has 0 aliphatic carbocycles. The van der Waals surface area contributed by atoms with Crippen molar-refractivity contribution < 1.29 is 4.74 Å². The average Bonchev–Trinajstić information content (AvgIpc) is 2.16. The van der Waals surface area contributed by atoms with Crippen molar-refractivity contribution in [2.45, 2.75) is 12.5 Å². The number of nitrogens with one attached hydrogen (secondary N) is 2. The van der Waals surface area contributed by atoms with Gasteiger partial charge in [-0.25, -0.2) is 0 Å². The van der Waals surface area contributed by atoms with Crippen LogP contribution in [0.2, 0.25) is 0 Å². The Hall–Kier alpha value is -1.22. The highest BCUT2D eigenvalue weighted by molar-refractivity contribution is 5.68. The molecule has 0 amide bonds. The second-order valence-electron chi connectivity index (χ2n) is 3.46. The molecule has 3 nitrogen and oxygen atoms in total. The van der Waals surface area contributed by atoms with Gasteiger partial charge in [-0.05, 0) is 18.6 Å². The summed E-state index contributed by atoms with van der Waals surface area (Å²) in [4.78, 5) is 0. The number of anilines is 2. The fraction of sp³-hybridized carbons (Fsp3) is 0.455.